The number of likely N-dealkylation sites (tertiary alicyclic amines) is 1. The van der Waals surface area contributed by atoms with Gasteiger partial charge in [0.1, 0.15) is 5.75 Å². The SMILES string of the molecule is Cc1cccc(OCC(=O)NCC(c2ccccc2Cl)N2CCCCC2)c1.Cl. The van der Waals surface area contributed by atoms with Crippen LogP contribution < -0.4 is 10.1 Å². The summed E-state index contributed by atoms with van der Waals surface area (Å²) in [7, 11) is 0. The minimum absolute atomic E-state index is 0. The predicted octanol–water partition coefficient (Wildman–Crippen LogP) is 4.79. The molecule has 152 valence electrons. The number of carbonyl (C=O) groups is 1. The zero-order chi connectivity index (χ0) is 19.1. The lowest BCUT2D eigenvalue weighted by atomic mass is 10.0. The van der Waals surface area contributed by atoms with E-state index in [1.54, 1.807) is 0 Å². The van der Waals surface area contributed by atoms with Crippen LogP contribution in [0, 0.1) is 6.92 Å². The average Bonchev–Trinajstić information content (AvgIpc) is 2.69. The van der Waals surface area contributed by atoms with E-state index >= 15 is 0 Å². The molecule has 1 N–H and O–H groups in total. The molecule has 3 rings (SSSR count). The summed E-state index contributed by atoms with van der Waals surface area (Å²) in [5, 5.41) is 3.77. The first kappa shape index (κ1) is 22.5. The molecule has 1 atom stereocenters. The Hall–Kier alpha value is -1.75. The molecule has 1 fully saturated rings. The van der Waals surface area contributed by atoms with Gasteiger partial charge in [-0.1, -0.05) is 48.4 Å². The van der Waals surface area contributed by atoms with Gasteiger partial charge in [-0.15, -0.1) is 12.4 Å². The van der Waals surface area contributed by atoms with Crippen LogP contribution in [-0.4, -0.2) is 37.0 Å². The first-order valence-corrected chi connectivity index (χ1v) is 9.96. The number of hydrogen-bond donors (Lipinski definition) is 1. The second kappa shape index (κ2) is 11.3. The molecule has 1 aliphatic rings. The Kier molecular flexibility index (Phi) is 9.10. The maximum Gasteiger partial charge on any atom is 0.258 e. The van der Waals surface area contributed by atoms with Crippen molar-refractivity contribution in [2.24, 2.45) is 0 Å². The molecule has 1 saturated heterocycles. The van der Waals surface area contributed by atoms with Crippen LogP contribution in [0.4, 0.5) is 0 Å². The standard InChI is InChI=1S/C22H27ClN2O2.ClH/c1-17-8-7-9-18(14-17)27-16-22(26)24-15-21(25-12-5-2-6-13-25)19-10-3-4-11-20(19)23;/h3-4,7-11,14,21H,2,5-6,12-13,15-16H2,1H3,(H,24,26);1H. The van der Waals surface area contributed by atoms with E-state index in [-0.39, 0.29) is 31.0 Å². The van der Waals surface area contributed by atoms with E-state index in [1.807, 2.05) is 49.4 Å². The number of benzene rings is 2. The molecular weight excluding hydrogens is 395 g/mol. The molecule has 1 unspecified atom stereocenters. The van der Waals surface area contributed by atoms with Gasteiger partial charge in [0.2, 0.25) is 0 Å². The number of rotatable bonds is 7. The highest BCUT2D eigenvalue weighted by molar-refractivity contribution is 6.31. The molecule has 2 aromatic carbocycles. The van der Waals surface area contributed by atoms with Gasteiger partial charge < -0.3 is 10.1 Å². The van der Waals surface area contributed by atoms with Crippen molar-refractivity contribution < 1.29 is 9.53 Å². The molecule has 1 amide bonds. The van der Waals surface area contributed by atoms with Crippen LogP contribution in [0.1, 0.15) is 36.4 Å². The molecule has 0 aromatic heterocycles. The fraction of sp³-hybridized carbons (Fsp3) is 0.409. The van der Waals surface area contributed by atoms with Gasteiger partial charge in [0.15, 0.2) is 6.61 Å². The largest absolute Gasteiger partial charge is 0.484 e. The summed E-state index contributed by atoms with van der Waals surface area (Å²) in [4.78, 5) is 14.7. The zero-order valence-corrected chi connectivity index (χ0v) is 17.8. The fourth-order valence-corrected chi connectivity index (χ4v) is 3.79. The van der Waals surface area contributed by atoms with Gasteiger partial charge in [-0.25, -0.2) is 0 Å². The molecule has 4 nitrogen and oxygen atoms in total. The Morgan fingerprint density at radius 3 is 2.61 bits per heavy atom. The quantitative estimate of drug-likeness (QED) is 0.696. The minimum atomic E-state index is -0.120. The number of nitrogens with one attached hydrogen (secondary N) is 1. The summed E-state index contributed by atoms with van der Waals surface area (Å²) in [5.41, 5.74) is 2.18. The van der Waals surface area contributed by atoms with Gasteiger partial charge in [-0.2, -0.15) is 0 Å². The van der Waals surface area contributed by atoms with Crippen molar-refractivity contribution in [3.05, 3.63) is 64.7 Å². The lowest BCUT2D eigenvalue weighted by Gasteiger charge is -2.35. The second-order valence-corrected chi connectivity index (χ2v) is 7.45. The van der Waals surface area contributed by atoms with Crippen molar-refractivity contribution in [2.45, 2.75) is 32.2 Å². The smallest absolute Gasteiger partial charge is 0.258 e. The maximum atomic E-state index is 12.3. The van der Waals surface area contributed by atoms with E-state index in [4.69, 9.17) is 16.3 Å². The fourth-order valence-electron chi connectivity index (χ4n) is 3.53. The molecule has 0 aliphatic carbocycles. The third kappa shape index (κ3) is 6.40. The molecule has 0 radical (unpaired) electrons. The van der Waals surface area contributed by atoms with Gasteiger partial charge in [0, 0.05) is 11.6 Å². The minimum Gasteiger partial charge on any atom is -0.484 e. The molecule has 1 heterocycles. The highest BCUT2D eigenvalue weighted by Gasteiger charge is 2.24. The molecule has 28 heavy (non-hydrogen) atoms. The zero-order valence-electron chi connectivity index (χ0n) is 16.2. The summed E-state index contributed by atoms with van der Waals surface area (Å²) >= 11 is 6.45. The number of amides is 1. The number of hydrogen-bond acceptors (Lipinski definition) is 3. The van der Waals surface area contributed by atoms with Crippen molar-refractivity contribution in [1.82, 2.24) is 10.2 Å². The lowest BCUT2D eigenvalue weighted by Crippen LogP contribution is -2.41. The second-order valence-electron chi connectivity index (χ2n) is 7.04. The third-order valence-electron chi connectivity index (χ3n) is 4.95. The van der Waals surface area contributed by atoms with Crippen molar-refractivity contribution in [1.29, 1.82) is 0 Å². The summed E-state index contributed by atoms with van der Waals surface area (Å²) < 4.78 is 5.60. The summed E-state index contributed by atoms with van der Waals surface area (Å²) in [5.74, 6) is 0.592. The van der Waals surface area contributed by atoms with Gasteiger partial charge in [-0.3, -0.25) is 9.69 Å². The topological polar surface area (TPSA) is 41.6 Å². The Morgan fingerprint density at radius 2 is 1.89 bits per heavy atom. The van der Waals surface area contributed by atoms with Gasteiger partial charge >= 0.3 is 0 Å². The number of ether oxygens (including phenoxy) is 1. The Morgan fingerprint density at radius 1 is 1.14 bits per heavy atom. The van der Waals surface area contributed by atoms with Crippen molar-refractivity contribution >= 4 is 29.9 Å². The first-order valence-electron chi connectivity index (χ1n) is 9.58. The molecule has 2 aromatic rings. The van der Waals surface area contributed by atoms with E-state index in [2.05, 4.69) is 16.3 Å². The molecule has 0 bridgehead atoms. The number of nitrogens with zero attached hydrogens (tertiary/aromatic N) is 1. The Balaban J connectivity index is 0.00000280. The van der Waals surface area contributed by atoms with Crippen LogP contribution in [0.2, 0.25) is 5.02 Å². The van der Waals surface area contributed by atoms with E-state index < -0.39 is 0 Å². The molecule has 1 aliphatic heterocycles. The molecule has 6 heteroatoms. The number of aryl methyl sites for hydroxylation is 1. The van der Waals surface area contributed by atoms with Crippen molar-refractivity contribution in [3.8, 4) is 5.75 Å². The average molecular weight is 423 g/mol. The first-order chi connectivity index (χ1) is 13.1. The van der Waals surface area contributed by atoms with Crippen LogP contribution in [0.5, 0.6) is 5.75 Å². The van der Waals surface area contributed by atoms with Crippen LogP contribution in [0.15, 0.2) is 48.5 Å². The Bertz CT molecular complexity index is 764. The Labute approximate surface area is 178 Å². The van der Waals surface area contributed by atoms with Gasteiger partial charge in [0.25, 0.3) is 5.91 Å². The molecule has 0 saturated carbocycles. The monoisotopic (exact) mass is 422 g/mol. The predicted molar refractivity (Wildman–Crippen MR) is 117 cm³/mol. The van der Waals surface area contributed by atoms with Crippen molar-refractivity contribution in [2.75, 3.05) is 26.2 Å². The van der Waals surface area contributed by atoms with E-state index in [9.17, 15) is 4.79 Å². The maximum absolute atomic E-state index is 12.3. The van der Waals surface area contributed by atoms with Gasteiger partial charge in [-0.05, 0) is 62.2 Å². The van der Waals surface area contributed by atoms with E-state index in [0.717, 1.165) is 29.2 Å². The number of carbonyl (C=O) groups excluding carboxylic acids is 1. The summed E-state index contributed by atoms with van der Waals surface area (Å²) in [6, 6.07) is 15.7. The van der Waals surface area contributed by atoms with E-state index in [1.165, 1.54) is 19.3 Å². The van der Waals surface area contributed by atoms with Crippen LogP contribution in [0.3, 0.4) is 0 Å². The van der Waals surface area contributed by atoms with Crippen LogP contribution in [-0.2, 0) is 4.79 Å². The van der Waals surface area contributed by atoms with Crippen molar-refractivity contribution in [3.63, 3.8) is 0 Å². The molecule has 0 spiro atoms. The normalized spacial score (nSPS) is 15.4. The summed E-state index contributed by atoms with van der Waals surface area (Å²) in [6.45, 7) is 4.61. The number of piperidine rings is 1. The summed E-state index contributed by atoms with van der Waals surface area (Å²) in [6.07, 6.45) is 3.64. The highest BCUT2D eigenvalue weighted by Crippen LogP contribution is 2.29. The van der Waals surface area contributed by atoms with E-state index in [0.29, 0.717) is 12.3 Å². The third-order valence-corrected chi connectivity index (χ3v) is 5.29. The number of halogens is 2. The highest BCUT2D eigenvalue weighted by atomic mass is 35.5. The van der Waals surface area contributed by atoms with Gasteiger partial charge in [0.05, 0.1) is 6.04 Å². The van der Waals surface area contributed by atoms with Crippen LogP contribution in [0.25, 0.3) is 0 Å². The molecular formula is C22H28Cl2N2O2. The lowest BCUT2D eigenvalue weighted by molar-refractivity contribution is -0.123. The van der Waals surface area contributed by atoms with Crippen LogP contribution >= 0.6 is 24.0 Å².